The van der Waals surface area contributed by atoms with E-state index in [-0.39, 0.29) is 24.4 Å². The molecule has 1 amide bonds. The average Bonchev–Trinajstić information content (AvgIpc) is 3.13. The van der Waals surface area contributed by atoms with Crippen LogP contribution in [-0.4, -0.2) is 36.5 Å². The summed E-state index contributed by atoms with van der Waals surface area (Å²) >= 11 is 0. The van der Waals surface area contributed by atoms with E-state index < -0.39 is 0 Å². The minimum absolute atomic E-state index is 0. The summed E-state index contributed by atoms with van der Waals surface area (Å²) in [7, 11) is 0. The van der Waals surface area contributed by atoms with E-state index in [1.54, 1.807) is 6.08 Å². The van der Waals surface area contributed by atoms with Crippen LogP contribution in [0.15, 0.2) is 66.7 Å². The van der Waals surface area contributed by atoms with Crippen molar-refractivity contribution in [1.29, 1.82) is 5.26 Å². The molecule has 5 rings (SSSR count). The van der Waals surface area contributed by atoms with Crippen molar-refractivity contribution < 1.29 is 4.79 Å². The van der Waals surface area contributed by atoms with Crippen LogP contribution in [0.4, 0.5) is 0 Å². The first-order valence-electron chi connectivity index (χ1n) is 13.4. The second-order valence-electron chi connectivity index (χ2n) is 10.4. The molecular formula is C32H36ClN3O. The fraction of sp³-hybridized carbons (Fsp3) is 0.375. The molecule has 4 nitrogen and oxygen atoms in total. The number of carbonyl (C=O) groups excluding carboxylic acids is 1. The Labute approximate surface area is 226 Å². The van der Waals surface area contributed by atoms with Crippen LogP contribution < -0.4 is 5.32 Å². The SMILES string of the molecule is Cl.N#Cc1ccc2c(c1)CCN(CCC1CCC(NC(=O)/C=C/c3ccc4ccccc4c3)CC1)CC2. The highest BCUT2D eigenvalue weighted by atomic mass is 35.5. The summed E-state index contributed by atoms with van der Waals surface area (Å²) in [6.07, 6.45) is 11.5. The molecule has 0 bridgehead atoms. The highest BCUT2D eigenvalue weighted by Crippen LogP contribution is 2.28. The van der Waals surface area contributed by atoms with Gasteiger partial charge in [-0.3, -0.25) is 4.79 Å². The maximum absolute atomic E-state index is 12.5. The molecule has 1 fully saturated rings. The zero-order valence-electron chi connectivity index (χ0n) is 21.4. The second-order valence-corrected chi connectivity index (χ2v) is 10.4. The Hall–Kier alpha value is -3.13. The largest absolute Gasteiger partial charge is 0.350 e. The van der Waals surface area contributed by atoms with E-state index in [0.29, 0.717) is 0 Å². The quantitative estimate of drug-likeness (QED) is 0.393. The molecule has 0 spiro atoms. The minimum Gasteiger partial charge on any atom is -0.350 e. The number of fused-ring (bicyclic) bond motifs is 2. The van der Waals surface area contributed by atoms with Gasteiger partial charge in [0.05, 0.1) is 11.6 Å². The monoisotopic (exact) mass is 513 g/mol. The molecule has 3 aromatic carbocycles. The molecule has 1 N–H and O–H groups in total. The van der Waals surface area contributed by atoms with E-state index in [1.165, 1.54) is 41.2 Å². The first kappa shape index (κ1) is 26.9. The van der Waals surface area contributed by atoms with E-state index in [4.69, 9.17) is 0 Å². The summed E-state index contributed by atoms with van der Waals surface area (Å²) in [4.78, 5) is 15.1. The maximum Gasteiger partial charge on any atom is 0.244 e. The molecule has 1 saturated carbocycles. The summed E-state index contributed by atoms with van der Waals surface area (Å²) in [5.74, 6) is 0.761. The maximum atomic E-state index is 12.5. The van der Waals surface area contributed by atoms with Crippen molar-refractivity contribution >= 4 is 35.2 Å². The summed E-state index contributed by atoms with van der Waals surface area (Å²) in [5.41, 5.74) is 4.58. The molecule has 5 heteroatoms. The number of nitrogens with one attached hydrogen (secondary N) is 1. The van der Waals surface area contributed by atoms with Gasteiger partial charge in [-0.1, -0.05) is 42.5 Å². The Morgan fingerprint density at radius 3 is 2.49 bits per heavy atom. The van der Waals surface area contributed by atoms with Crippen LogP contribution in [0, 0.1) is 17.2 Å². The molecule has 192 valence electrons. The van der Waals surface area contributed by atoms with Gasteiger partial charge in [0.15, 0.2) is 0 Å². The lowest BCUT2D eigenvalue weighted by Crippen LogP contribution is -2.37. The Kier molecular flexibility index (Phi) is 9.39. The topological polar surface area (TPSA) is 56.1 Å². The lowest BCUT2D eigenvalue weighted by molar-refractivity contribution is -0.117. The number of nitriles is 1. The Balaban J connectivity index is 0.00000320. The predicted octanol–water partition coefficient (Wildman–Crippen LogP) is 6.31. The van der Waals surface area contributed by atoms with Gasteiger partial charge in [0, 0.05) is 25.2 Å². The fourth-order valence-electron chi connectivity index (χ4n) is 5.76. The van der Waals surface area contributed by atoms with E-state index in [0.717, 1.165) is 62.4 Å². The van der Waals surface area contributed by atoms with Crippen molar-refractivity contribution in [3.63, 3.8) is 0 Å². The van der Waals surface area contributed by atoms with Gasteiger partial charge in [-0.15, -0.1) is 12.4 Å². The number of amides is 1. The molecule has 1 aliphatic heterocycles. The first-order chi connectivity index (χ1) is 17.7. The van der Waals surface area contributed by atoms with Crippen LogP contribution in [0.1, 0.15) is 54.4 Å². The number of hydrogen-bond acceptors (Lipinski definition) is 3. The molecule has 0 radical (unpaired) electrons. The lowest BCUT2D eigenvalue weighted by atomic mass is 9.84. The summed E-state index contributed by atoms with van der Waals surface area (Å²) in [6, 6.07) is 23.3. The number of rotatable bonds is 6. The Morgan fingerprint density at radius 2 is 1.70 bits per heavy atom. The van der Waals surface area contributed by atoms with Crippen molar-refractivity contribution in [3.05, 3.63) is 89.0 Å². The molecule has 0 atom stereocenters. The number of nitrogens with zero attached hydrogens (tertiary/aromatic N) is 2. The van der Waals surface area contributed by atoms with E-state index in [9.17, 15) is 10.1 Å². The number of hydrogen-bond donors (Lipinski definition) is 1. The van der Waals surface area contributed by atoms with E-state index >= 15 is 0 Å². The molecule has 37 heavy (non-hydrogen) atoms. The van der Waals surface area contributed by atoms with E-state index in [2.05, 4.69) is 58.8 Å². The summed E-state index contributed by atoms with van der Waals surface area (Å²) < 4.78 is 0. The van der Waals surface area contributed by atoms with Gasteiger partial charge in [0.25, 0.3) is 0 Å². The zero-order valence-corrected chi connectivity index (χ0v) is 22.2. The Bertz CT molecular complexity index is 1290. The van der Waals surface area contributed by atoms with Crippen molar-refractivity contribution in [2.75, 3.05) is 19.6 Å². The number of carbonyl (C=O) groups is 1. The van der Waals surface area contributed by atoms with Gasteiger partial charge >= 0.3 is 0 Å². The molecule has 2 aliphatic rings. The van der Waals surface area contributed by atoms with Crippen LogP contribution in [0.5, 0.6) is 0 Å². The van der Waals surface area contributed by atoms with Crippen molar-refractivity contribution in [2.45, 2.75) is 51.0 Å². The Morgan fingerprint density at radius 1 is 0.946 bits per heavy atom. The third kappa shape index (κ3) is 7.22. The normalized spacial score (nSPS) is 20.0. The van der Waals surface area contributed by atoms with Crippen LogP contribution in [0.3, 0.4) is 0 Å². The number of benzene rings is 3. The summed E-state index contributed by atoms with van der Waals surface area (Å²) in [5, 5.41) is 14.8. The average molecular weight is 514 g/mol. The third-order valence-corrected chi connectivity index (χ3v) is 7.98. The third-order valence-electron chi connectivity index (χ3n) is 7.98. The van der Waals surface area contributed by atoms with Gasteiger partial charge in [-0.05, 0) is 109 Å². The molecule has 1 aliphatic carbocycles. The number of halogens is 1. The molecular weight excluding hydrogens is 478 g/mol. The lowest BCUT2D eigenvalue weighted by Gasteiger charge is -2.30. The van der Waals surface area contributed by atoms with Crippen molar-refractivity contribution in [3.8, 4) is 6.07 Å². The summed E-state index contributed by atoms with van der Waals surface area (Å²) in [6.45, 7) is 3.33. The molecule has 0 aromatic heterocycles. The molecule has 3 aromatic rings. The minimum atomic E-state index is 0. The highest BCUT2D eigenvalue weighted by Gasteiger charge is 2.23. The van der Waals surface area contributed by atoms with Gasteiger partial charge < -0.3 is 10.2 Å². The van der Waals surface area contributed by atoms with Crippen LogP contribution in [0.2, 0.25) is 0 Å². The zero-order chi connectivity index (χ0) is 24.7. The molecule has 1 heterocycles. The van der Waals surface area contributed by atoms with E-state index in [1.807, 2.05) is 24.3 Å². The van der Waals surface area contributed by atoms with Gasteiger partial charge in [0.2, 0.25) is 5.91 Å². The van der Waals surface area contributed by atoms with Crippen LogP contribution in [0.25, 0.3) is 16.8 Å². The molecule has 0 unspecified atom stereocenters. The highest BCUT2D eigenvalue weighted by molar-refractivity contribution is 5.93. The van der Waals surface area contributed by atoms with Crippen molar-refractivity contribution in [2.24, 2.45) is 5.92 Å². The van der Waals surface area contributed by atoms with Crippen LogP contribution >= 0.6 is 12.4 Å². The standard InChI is InChI=1S/C32H35N3O.ClH/c33-23-26-6-11-28-16-19-35(20-17-30(28)22-26)18-15-24-7-12-31(13-8-24)34-32(36)14-9-25-5-10-27-3-1-2-4-29(27)21-25;/h1-6,9-11,14,21-22,24,31H,7-8,12-13,15-20H2,(H,34,36);1H/b14-9+;. The predicted molar refractivity (Wildman–Crippen MR) is 154 cm³/mol. The van der Waals surface area contributed by atoms with Crippen molar-refractivity contribution in [1.82, 2.24) is 10.2 Å². The van der Waals surface area contributed by atoms with Gasteiger partial charge in [-0.25, -0.2) is 0 Å². The smallest absolute Gasteiger partial charge is 0.244 e. The fourth-order valence-corrected chi connectivity index (χ4v) is 5.76. The van der Waals surface area contributed by atoms with Crippen LogP contribution in [-0.2, 0) is 17.6 Å². The first-order valence-corrected chi connectivity index (χ1v) is 13.4. The second kappa shape index (κ2) is 12.9. The molecule has 0 saturated heterocycles. The van der Waals surface area contributed by atoms with Gasteiger partial charge in [-0.2, -0.15) is 5.26 Å². The van der Waals surface area contributed by atoms with Gasteiger partial charge in [0.1, 0.15) is 0 Å².